The third kappa shape index (κ3) is 3.62. The van der Waals surface area contributed by atoms with Gasteiger partial charge < -0.3 is 0 Å². The summed E-state index contributed by atoms with van der Waals surface area (Å²) in [5, 5.41) is 12.4. The van der Waals surface area contributed by atoms with E-state index >= 15 is 0 Å². The van der Waals surface area contributed by atoms with Crippen molar-refractivity contribution in [2.75, 3.05) is 0 Å². The van der Waals surface area contributed by atoms with Crippen LogP contribution in [0.25, 0.3) is 21.3 Å². The fourth-order valence-corrected chi connectivity index (χ4v) is 3.75. The number of aryl methyl sites for hydroxylation is 1. The minimum absolute atomic E-state index is 0.290. The van der Waals surface area contributed by atoms with Crippen LogP contribution < -0.4 is 0 Å². The Hall–Kier alpha value is -2.97. The molecule has 134 valence electrons. The smallest absolute Gasteiger partial charge is 0.216 e. The average Bonchev–Trinajstić information content (AvgIpc) is 3.24. The van der Waals surface area contributed by atoms with Gasteiger partial charge in [0, 0.05) is 5.56 Å². The quantitative estimate of drug-likeness (QED) is 0.388. The molecule has 0 fully saturated rings. The standard InChI is InChI=1S/C19H14FN5S2/c1-12-16(27-18(22-12)14-5-3-2-4-6-14)17-23-24-19(26)25(17)21-11-13-7-9-15(20)10-8-13/h2-11H,1H3,(H,24,26)/b21-11-. The Bertz CT molecular complexity index is 1160. The van der Waals surface area contributed by atoms with Crippen molar-refractivity contribution in [1.29, 1.82) is 0 Å². The van der Waals surface area contributed by atoms with E-state index in [4.69, 9.17) is 12.2 Å². The van der Waals surface area contributed by atoms with E-state index in [1.54, 1.807) is 23.0 Å². The van der Waals surface area contributed by atoms with Crippen molar-refractivity contribution >= 4 is 29.8 Å². The average molecular weight is 395 g/mol. The number of thiazole rings is 1. The zero-order chi connectivity index (χ0) is 18.8. The van der Waals surface area contributed by atoms with Gasteiger partial charge >= 0.3 is 0 Å². The van der Waals surface area contributed by atoms with Crippen molar-refractivity contribution < 1.29 is 4.39 Å². The second-order valence-electron chi connectivity index (χ2n) is 5.76. The maximum Gasteiger partial charge on any atom is 0.216 e. The molecule has 0 amide bonds. The van der Waals surface area contributed by atoms with Gasteiger partial charge in [0.1, 0.15) is 10.8 Å². The van der Waals surface area contributed by atoms with Crippen LogP contribution in [0.1, 0.15) is 11.3 Å². The third-order valence-corrected chi connectivity index (χ3v) is 5.33. The lowest BCUT2D eigenvalue weighted by Gasteiger charge is -1.99. The molecule has 0 aliphatic rings. The molecule has 1 N–H and O–H groups in total. The van der Waals surface area contributed by atoms with E-state index in [-0.39, 0.29) is 5.82 Å². The fourth-order valence-electron chi connectivity index (χ4n) is 2.53. The summed E-state index contributed by atoms with van der Waals surface area (Å²) in [6.07, 6.45) is 1.61. The molecule has 0 saturated carbocycles. The van der Waals surface area contributed by atoms with Crippen molar-refractivity contribution in [2.24, 2.45) is 5.10 Å². The van der Waals surface area contributed by atoms with Gasteiger partial charge in [-0.15, -0.1) is 11.3 Å². The minimum atomic E-state index is -0.290. The fraction of sp³-hybridized carbons (Fsp3) is 0.0526. The highest BCUT2D eigenvalue weighted by atomic mass is 32.1. The molecule has 0 aliphatic carbocycles. The zero-order valence-corrected chi connectivity index (χ0v) is 15.9. The predicted molar refractivity (Wildman–Crippen MR) is 108 cm³/mol. The first kappa shape index (κ1) is 17.4. The van der Waals surface area contributed by atoms with Gasteiger partial charge in [-0.2, -0.15) is 14.9 Å². The maximum absolute atomic E-state index is 13.0. The highest BCUT2D eigenvalue weighted by molar-refractivity contribution is 7.71. The molecule has 5 nitrogen and oxygen atoms in total. The van der Waals surface area contributed by atoms with E-state index in [2.05, 4.69) is 20.3 Å². The number of halogens is 1. The van der Waals surface area contributed by atoms with Gasteiger partial charge in [-0.3, -0.25) is 0 Å². The predicted octanol–water partition coefficient (Wildman–Crippen LogP) is 5.06. The van der Waals surface area contributed by atoms with Crippen LogP contribution in [0, 0.1) is 17.5 Å². The molecule has 0 saturated heterocycles. The van der Waals surface area contributed by atoms with Gasteiger partial charge in [-0.25, -0.2) is 14.5 Å². The van der Waals surface area contributed by atoms with Crippen LogP contribution in [0.2, 0.25) is 0 Å². The number of nitrogens with one attached hydrogen (secondary N) is 1. The summed E-state index contributed by atoms with van der Waals surface area (Å²) in [7, 11) is 0. The number of hydrogen-bond donors (Lipinski definition) is 1. The molecule has 27 heavy (non-hydrogen) atoms. The van der Waals surface area contributed by atoms with Crippen molar-refractivity contribution in [2.45, 2.75) is 6.92 Å². The highest BCUT2D eigenvalue weighted by Gasteiger charge is 2.17. The summed E-state index contributed by atoms with van der Waals surface area (Å²) in [5.74, 6) is 0.303. The molecule has 2 aromatic heterocycles. The van der Waals surface area contributed by atoms with Gasteiger partial charge in [0.15, 0.2) is 5.82 Å². The lowest BCUT2D eigenvalue weighted by Crippen LogP contribution is -1.95. The van der Waals surface area contributed by atoms with E-state index < -0.39 is 0 Å². The lowest BCUT2D eigenvalue weighted by atomic mass is 10.2. The van der Waals surface area contributed by atoms with Crippen LogP contribution in [-0.2, 0) is 0 Å². The number of aromatic amines is 1. The van der Waals surface area contributed by atoms with Gasteiger partial charge in [0.25, 0.3) is 0 Å². The minimum Gasteiger partial charge on any atom is -0.250 e. The van der Waals surface area contributed by atoms with Crippen molar-refractivity contribution in [1.82, 2.24) is 19.9 Å². The van der Waals surface area contributed by atoms with Crippen molar-refractivity contribution in [3.05, 3.63) is 76.4 Å². The van der Waals surface area contributed by atoms with Gasteiger partial charge in [-0.05, 0) is 36.8 Å². The summed E-state index contributed by atoms with van der Waals surface area (Å²) in [6.45, 7) is 1.93. The van der Waals surface area contributed by atoms with Gasteiger partial charge in [-0.1, -0.05) is 42.5 Å². The molecule has 2 aromatic carbocycles. The molecule has 0 spiro atoms. The zero-order valence-electron chi connectivity index (χ0n) is 14.3. The monoisotopic (exact) mass is 395 g/mol. The topological polar surface area (TPSA) is 58.9 Å². The van der Waals surface area contributed by atoms with Crippen LogP contribution >= 0.6 is 23.6 Å². The Morgan fingerprint density at radius 1 is 1.15 bits per heavy atom. The molecular weight excluding hydrogens is 381 g/mol. The summed E-state index contributed by atoms with van der Waals surface area (Å²) >= 11 is 6.84. The Labute approximate surface area is 163 Å². The summed E-state index contributed by atoms with van der Waals surface area (Å²) < 4.78 is 15.0. The Morgan fingerprint density at radius 2 is 1.89 bits per heavy atom. The third-order valence-electron chi connectivity index (χ3n) is 3.86. The van der Waals surface area contributed by atoms with E-state index in [1.165, 1.54) is 23.5 Å². The SMILES string of the molecule is Cc1nc(-c2ccccc2)sc1-c1n[nH]c(=S)n1/N=C\c1ccc(F)cc1. The molecule has 8 heteroatoms. The first-order chi connectivity index (χ1) is 13.1. The first-order valence-corrected chi connectivity index (χ1v) is 9.35. The lowest BCUT2D eigenvalue weighted by molar-refractivity contribution is 0.628. The number of hydrogen-bond acceptors (Lipinski definition) is 5. The Kier molecular flexibility index (Phi) is 4.74. The van der Waals surface area contributed by atoms with E-state index in [0.717, 1.165) is 26.7 Å². The molecule has 4 aromatic rings. The second kappa shape index (κ2) is 7.34. The molecule has 0 radical (unpaired) electrons. The van der Waals surface area contributed by atoms with E-state index in [1.807, 2.05) is 37.3 Å². The number of aromatic nitrogens is 4. The summed E-state index contributed by atoms with van der Waals surface area (Å²) in [6, 6.07) is 16.0. The number of benzene rings is 2. The van der Waals surface area contributed by atoms with E-state index in [9.17, 15) is 4.39 Å². The normalized spacial score (nSPS) is 11.3. The van der Waals surface area contributed by atoms with Gasteiger partial charge in [0.2, 0.25) is 4.77 Å². The van der Waals surface area contributed by atoms with E-state index in [0.29, 0.717) is 10.6 Å². The Balaban J connectivity index is 1.73. The van der Waals surface area contributed by atoms with Crippen molar-refractivity contribution in [3.63, 3.8) is 0 Å². The van der Waals surface area contributed by atoms with Gasteiger partial charge in [0.05, 0.1) is 16.8 Å². The maximum atomic E-state index is 13.0. The number of rotatable bonds is 4. The van der Waals surface area contributed by atoms with Crippen LogP contribution in [0.3, 0.4) is 0 Å². The molecule has 4 rings (SSSR count). The van der Waals surface area contributed by atoms with Crippen LogP contribution in [0.15, 0.2) is 59.7 Å². The summed E-state index contributed by atoms with van der Waals surface area (Å²) in [5.41, 5.74) is 2.66. The van der Waals surface area contributed by atoms with Crippen LogP contribution in [-0.4, -0.2) is 26.1 Å². The molecule has 0 bridgehead atoms. The number of H-pyrrole nitrogens is 1. The second-order valence-corrected chi connectivity index (χ2v) is 7.15. The first-order valence-electron chi connectivity index (χ1n) is 8.12. The number of nitrogens with zero attached hydrogens (tertiary/aromatic N) is 4. The molecular formula is C19H14FN5S2. The summed E-state index contributed by atoms with van der Waals surface area (Å²) in [4.78, 5) is 5.55. The van der Waals surface area contributed by atoms with Crippen molar-refractivity contribution in [3.8, 4) is 21.3 Å². The Morgan fingerprint density at radius 3 is 2.63 bits per heavy atom. The molecule has 0 unspecified atom stereocenters. The highest BCUT2D eigenvalue weighted by Crippen LogP contribution is 2.34. The molecule has 0 atom stereocenters. The molecule has 0 aliphatic heterocycles. The van der Waals surface area contributed by atoms with Crippen LogP contribution in [0.5, 0.6) is 0 Å². The van der Waals surface area contributed by atoms with Crippen LogP contribution in [0.4, 0.5) is 4.39 Å². The largest absolute Gasteiger partial charge is 0.250 e. The molecule has 2 heterocycles.